The molecule has 0 aliphatic heterocycles. The highest BCUT2D eigenvalue weighted by Gasteiger charge is 2.51. The minimum absolute atomic E-state index is 0.0687. The van der Waals surface area contributed by atoms with Gasteiger partial charge in [0.05, 0.1) is 41.4 Å². The molecule has 7 nitrogen and oxygen atoms in total. The predicted octanol–water partition coefficient (Wildman–Crippen LogP) is 2.60. The highest BCUT2D eigenvalue weighted by molar-refractivity contribution is 5.95. The van der Waals surface area contributed by atoms with Gasteiger partial charge in [0, 0.05) is 0 Å². The zero-order valence-electron chi connectivity index (χ0n) is 16.5. The predicted molar refractivity (Wildman–Crippen MR) is 105 cm³/mol. The Bertz CT molecular complexity index is 973. The van der Waals surface area contributed by atoms with Crippen molar-refractivity contribution in [3.63, 3.8) is 0 Å². The number of alkyl halides is 3. The fourth-order valence-electron chi connectivity index (χ4n) is 2.84. The number of hydrogen-bond acceptors (Lipinski definition) is 5. The van der Waals surface area contributed by atoms with Gasteiger partial charge < -0.3 is 21.7 Å². The van der Waals surface area contributed by atoms with E-state index in [0.717, 1.165) is 12.1 Å². The molecule has 1 atom stereocenters. The van der Waals surface area contributed by atoms with Crippen LogP contribution in [0.15, 0.2) is 36.5 Å². The number of nitrogens with two attached hydrogens (primary N) is 1. The highest BCUT2D eigenvalue weighted by atomic mass is 19.4. The minimum Gasteiger partial charge on any atom is -0.354 e. The first kappa shape index (κ1) is 22.5. The quantitative estimate of drug-likeness (QED) is 0.496. The van der Waals surface area contributed by atoms with Crippen molar-refractivity contribution >= 4 is 23.2 Å². The van der Waals surface area contributed by atoms with Gasteiger partial charge in [0.2, 0.25) is 11.8 Å². The number of pyridine rings is 1. The minimum atomic E-state index is -4.72. The summed E-state index contributed by atoms with van der Waals surface area (Å²) in [4.78, 5) is 28.2. The van der Waals surface area contributed by atoms with Gasteiger partial charge in [-0.25, -0.2) is 4.39 Å². The molecule has 1 aromatic carbocycles. The molecule has 1 saturated carbocycles. The lowest BCUT2D eigenvalue weighted by atomic mass is 10.1. The molecular weight excluding hydrogens is 418 g/mol. The first-order valence-corrected chi connectivity index (χ1v) is 9.45. The van der Waals surface area contributed by atoms with Gasteiger partial charge >= 0.3 is 6.18 Å². The van der Waals surface area contributed by atoms with E-state index in [1.54, 1.807) is 0 Å². The van der Waals surface area contributed by atoms with E-state index in [1.807, 2.05) is 0 Å². The number of rotatable bonds is 7. The van der Waals surface area contributed by atoms with Gasteiger partial charge in [-0.2, -0.15) is 13.2 Å². The van der Waals surface area contributed by atoms with Crippen LogP contribution in [0.5, 0.6) is 0 Å². The number of nitrogens with zero attached hydrogens (tertiary/aromatic N) is 1. The zero-order chi connectivity index (χ0) is 22.8. The van der Waals surface area contributed by atoms with E-state index in [1.165, 1.54) is 25.3 Å². The van der Waals surface area contributed by atoms with Crippen LogP contribution in [0.25, 0.3) is 0 Å². The lowest BCUT2D eigenvalue weighted by Gasteiger charge is -2.18. The van der Waals surface area contributed by atoms with E-state index < -0.39 is 35.0 Å². The standard InChI is InChI=1S/C20H21F4N5O2/c1-11(25)17(30)29-19(6-7-19)18(31)27-9-13-3-4-14(10-26-13)28-16-5-2-12(21)8-15(16)20(22,23)24/h2-5,8,10-11,28H,6-7,9,25H2,1H3,(H,27,31)(H,29,30). The molecule has 2 aromatic rings. The summed E-state index contributed by atoms with van der Waals surface area (Å²) in [5.74, 6) is -1.76. The lowest BCUT2D eigenvalue weighted by Crippen LogP contribution is -2.52. The number of carbonyl (C=O) groups excluding carboxylic acids is 2. The van der Waals surface area contributed by atoms with Crippen LogP contribution in [-0.4, -0.2) is 28.4 Å². The number of benzene rings is 1. The molecule has 0 radical (unpaired) electrons. The first-order valence-electron chi connectivity index (χ1n) is 9.45. The van der Waals surface area contributed by atoms with Crippen LogP contribution < -0.4 is 21.7 Å². The molecule has 31 heavy (non-hydrogen) atoms. The second-order valence-electron chi connectivity index (χ2n) is 7.39. The van der Waals surface area contributed by atoms with Gasteiger partial charge in [-0.15, -0.1) is 0 Å². The molecule has 1 fully saturated rings. The molecular formula is C20H21F4N5O2. The van der Waals surface area contributed by atoms with E-state index in [2.05, 4.69) is 20.9 Å². The average molecular weight is 439 g/mol. The topological polar surface area (TPSA) is 109 Å². The molecule has 1 unspecified atom stereocenters. The van der Waals surface area contributed by atoms with Gasteiger partial charge in [0.1, 0.15) is 11.4 Å². The Morgan fingerprint density at radius 2 is 1.94 bits per heavy atom. The molecule has 0 bridgehead atoms. The Labute approximate surface area is 175 Å². The fraction of sp³-hybridized carbons (Fsp3) is 0.350. The van der Waals surface area contributed by atoms with Crippen molar-refractivity contribution in [2.45, 2.75) is 44.1 Å². The van der Waals surface area contributed by atoms with E-state index in [9.17, 15) is 27.2 Å². The van der Waals surface area contributed by atoms with Crippen molar-refractivity contribution in [1.29, 1.82) is 0 Å². The monoisotopic (exact) mass is 439 g/mol. The number of aromatic nitrogens is 1. The molecule has 1 aliphatic rings. The lowest BCUT2D eigenvalue weighted by molar-refractivity contribution is -0.137. The van der Waals surface area contributed by atoms with Crippen molar-refractivity contribution < 1.29 is 27.2 Å². The summed E-state index contributed by atoms with van der Waals surface area (Å²) < 4.78 is 52.5. The summed E-state index contributed by atoms with van der Waals surface area (Å²) in [6.07, 6.45) is -2.41. The molecule has 11 heteroatoms. The van der Waals surface area contributed by atoms with Crippen molar-refractivity contribution in [1.82, 2.24) is 15.6 Å². The van der Waals surface area contributed by atoms with Crippen molar-refractivity contribution in [3.8, 4) is 0 Å². The van der Waals surface area contributed by atoms with E-state index in [4.69, 9.17) is 5.73 Å². The number of carbonyl (C=O) groups is 2. The van der Waals surface area contributed by atoms with E-state index in [0.29, 0.717) is 24.6 Å². The third kappa shape index (κ3) is 5.48. The number of amides is 2. The number of anilines is 2. The maximum atomic E-state index is 13.2. The molecule has 1 heterocycles. The largest absolute Gasteiger partial charge is 0.418 e. The first-order chi connectivity index (χ1) is 14.5. The van der Waals surface area contributed by atoms with Gasteiger partial charge in [0.25, 0.3) is 0 Å². The summed E-state index contributed by atoms with van der Waals surface area (Å²) in [5.41, 5.74) is 3.83. The number of halogens is 4. The third-order valence-electron chi connectivity index (χ3n) is 4.78. The molecule has 166 valence electrons. The molecule has 3 rings (SSSR count). The third-order valence-corrected chi connectivity index (χ3v) is 4.78. The molecule has 1 aliphatic carbocycles. The fourth-order valence-corrected chi connectivity index (χ4v) is 2.84. The molecule has 0 spiro atoms. The van der Waals surface area contributed by atoms with Crippen LogP contribution in [0.2, 0.25) is 0 Å². The van der Waals surface area contributed by atoms with Crippen LogP contribution in [-0.2, 0) is 22.3 Å². The molecule has 5 N–H and O–H groups in total. The van der Waals surface area contributed by atoms with Gasteiger partial charge in [-0.3, -0.25) is 14.6 Å². The second kappa shape index (κ2) is 8.50. The molecule has 2 amide bonds. The Kier molecular flexibility index (Phi) is 6.16. The Balaban J connectivity index is 1.61. The van der Waals surface area contributed by atoms with E-state index >= 15 is 0 Å². The SMILES string of the molecule is CC(N)C(=O)NC1(C(=O)NCc2ccc(Nc3ccc(F)cc3C(F)(F)F)cn2)CC1. The Morgan fingerprint density at radius 3 is 2.48 bits per heavy atom. The van der Waals surface area contributed by atoms with Crippen LogP contribution in [0.1, 0.15) is 31.0 Å². The van der Waals surface area contributed by atoms with Crippen molar-refractivity contribution in [3.05, 3.63) is 53.6 Å². The maximum Gasteiger partial charge on any atom is 0.418 e. The van der Waals surface area contributed by atoms with Gasteiger partial charge in [0.15, 0.2) is 0 Å². The Hall–Kier alpha value is -3.21. The second-order valence-corrected chi connectivity index (χ2v) is 7.39. The van der Waals surface area contributed by atoms with Crippen molar-refractivity contribution in [2.75, 3.05) is 5.32 Å². The number of nitrogens with one attached hydrogen (secondary N) is 3. The summed E-state index contributed by atoms with van der Waals surface area (Å²) in [6.45, 7) is 1.59. The van der Waals surface area contributed by atoms with Gasteiger partial charge in [-0.1, -0.05) is 0 Å². The summed E-state index contributed by atoms with van der Waals surface area (Å²) in [6, 6.07) is 4.62. The molecule has 1 aromatic heterocycles. The van der Waals surface area contributed by atoms with Crippen LogP contribution in [0.4, 0.5) is 28.9 Å². The normalized spacial score (nSPS) is 15.7. The smallest absolute Gasteiger partial charge is 0.354 e. The number of hydrogen-bond donors (Lipinski definition) is 4. The van der Waals surface area contributed by atoms with E-state index in [-0.39, 0.29) is 23.8 Å². The average Bonchev–Trinajstić information content (AvgIpc) is 3.48. The van der Waals surface area contributed by atoms with Crippen molar-refractivity contribution in [2.24, 2.45) is 5.73 Å². The summed E-state index contributed by atoms with van der Waals surface area (Å²) >= 11 is 0. The van der Waals surface area contributed by atoms with Crippen LogP contribution in [0, 0.1) is 5.82 Å². The van der Waals surface area contributed by atoms with Crippen LogP contribution >= 0.6 is 0 Å². The Morgan fingerprint density at radius 1 is 1.23 bits per heavy atom. The molecule has 0 saturated heterocycles. The van der Waals surface area contributed by atoms with Gasteiger partial charge in [-0.05, 0) is 50.1 Å². The highest BCUT2D eigenvalue weighted by Crippen LogP contribution is 2.37. The summed E-state index contributed by atoms with van der Waals surface area (Å²) in [7, 11) is 0. The maximum absolute atomic E-state index is 13.2. The summed E-state index contributed by atoms with van der Waals surface area (Å²) in [5, 5.41) is 7.89. The van der Waals surface area contributed by atoms with Crippen LogP contribution in [0.3, 0.4) is 0 Å². The zero-order valence-corrected chi connectivity index (χ0v) is 16.5.